The lowest BCUT2D eigenvalue weighted by Crippen LogP contribution is -2.12. The van der Waals surface area contributed by atoms with Crippen LogP contribution in [0.4, 0.5) is 13.2 Å². The summed E-state index contributed by atoms with van der Waals surface area (Å²) in [5, 5.41) is 0. The van der Waals surface area contributed by atoms with Gasteiger partial charge in [-0.05, 0) is 19.4 Å². The van der Waals surface area contributed by atoms with Crippen LogP contribution in [0.5, 0.6) is 11.5 Å². The lowest BCUT2D eigenvalue weighted by Gasteiger charge is -2.15. The standard InChI is InChI=1S/C13H18F3NO2/c1-9(17)11-5-4-10(18-2)8-12(11)19-7-3-6-13(14,15)16/h4-5,8-9H,3,6-7,17H2,1-2H3. The molecule has 0 heterocycles. The average molecular weight is 277 g/mol. The highest BCUT2D eigenvalue weighted by atomic mass is 19.4. The number of hydrogen-bond donors (Lipinski definition) is 1. The fourth-order valence-corrected chi connectivity index (χ4v) is 1.60. The molecule has 2 N–H and O–H groups in total. The monoisotopic (exact) mass is 277 g/mol. The van der Waals surface area contributed by atoms with Crippen LogP contribution in [-0.4, -0.2) is 19.9 Å². The van der Waals surface area contributed by atoms with E-state index in [9.17, 15) is 13.2 Å². The van der Waals surface area contributed by atoms with Crippen molar-refractivity contribution in [2.24, 2.45) is 5.73 Å². The van der Waals surface area contributed by atoms with E-state index in [1.807, 2.05) is 0 Å². The van der Waals surface area contributed by atoms with Gasteiger partial charge in [0.05, 0.1) is 13.7 Å². The number of alkyl halides is 3. The van der Waals surface area contributed by atoms with Crippen LogP contribution >= 0.6 is 0 Å². The van der Waals surface area contributed by atoms with Gasteiger partial charge in [-0.2, -0.15) is 13.2 Å². The third-order valence-electron chi connectivity index (χ3n) is 2.57. The van der Waals surface area contributed by atoms with Gasteiger partial charge >= 0.3 is 6.18 Å². The Balaban J connectivity index is 2.65. The Morgan fingerprint density at radius 1 is 1.32 bits per heavy atom. The van der Waals surface area contributed by atoms with Gasteiger partial charge in [0, 0.05) is 24.1 Å². The van der Waals surface area contributed by atoms with E-state index in [4.69, 9.17) is 15.2 Å². The van der Waals surface area contributed by atoms with E-state index in [1.54, 1.807) is 25.1 Å². The van der Waals surface area contributed by atoms with Crippen molar-refractivity contribution in [2.45, 2.75) is 32.0 Å². The quantitative estimate of drug-likeness (QED) is 0.810. The molecule has 0 aliphatic rings. The van der Waals surface area contributed by atoms with E-state index in [0.717, 1.165) is 5.56 Å². The van der Waals surface area contributed by atoms with Gasteiger partial charge in [-0.25, -0.2) is 0 Å². The summed E-state index contributed by atoms with van der Waals surface area (Å²) in [6, 6.07) is 4.86. The van der Waals surface area contributed by atoms with Crippen molar-refractivity contribution in [3.63, 3.8) is 0 Å². The summed E-state index contributed by atoms with van der Waals surface area (Å²) >= 11 is 0. The molecule has 108 valence electrons. The predicted octanol–water partition coefficient (Wildman–Crippen LogP) is 3.44. The molecule has 0 radical (unpaired) electrons. The van der Waals surface area contributed by atoms with Crippen molar-refractivity contribution in [1.29, 1.82) is 0 Å². The lowest BCUT2D eigenvalue weighted by molar-refractivity contribution is -0.136. The fraction of sp³-hybridized carbons (Fsp3) is 0.538. The number of benzene rings is 1. The zero-order valence-electron chi connectivity index (χ0n) is 11.0. The number of methoxy groups -OCH3 is 1. The van der Waals surface area contributed by atoms with Crippen LogP contribution < -0.4 is 15.2 Å². The number of nitrogens with two attached hydrogens (primary N) is 1. The maximum Gasteiger partial charge on any atom is 0.389 e. The van der Waals surface area contributed by atoms with Crippen molar-refractivity contribution in [2.75, 3.05) is 13.7 Å². The molecule has 0 aliphatic heterocycles. The predicted molar refractivity (Wildman–Crippen MR) is 66.4 cm³/mol. The Morgan fingerprint density at radius 3 is 2.53 bits per heavy atom. The molecule has 1 unspecified atom stereocenters. The van der Waals surface area contributed by atoms with E-state index in [2.05, 4.69) is 0 Å². The zero-order valence-corrected chi connectivity index (χ0v) is 11.0. The van der Waals surface area contributed by atoms with Gasteiger partial charge in [-0.15, -0.1) is 0 Å². The first-order valence-corrected chi connectivity index (χ1v) is 5.96. The Hall–Kier alpha value is -1.43. The van der Waals surface area contributed by atoms with Gasteiger partial charge in [0.15, 0.2) is 0 Å². The van der Waals surface area contributed by atoms with Gasteiger partial charge in [0.25, 0.3) is 0 Å². The molecule has 1 aromatic carbocycles. The van der Waals surface area contributed by atoms with E-state index >= 15 is 0 Å². The molecule has 1 rings (SSSR count). The molecular formula is C13H18F3NO2. The second-order valence-corrected chi connectivity index (χ2v) is 4.26. The summed E-state index contributed by atoms with van der Waals surface area (Å²) in [4.78, 5) is 0. The summed E-state index contributed by atoms with van der Waals surface area (Å²) in [5.74, 6) is 1.05. The number of halogens is 3. The molecule has 0 amide bonds. The topological polar surface area (TPSA) is 44.5 Å². The van der Waals surface area contributed by atoms with Crippen LogP contribution in [0.1, 0.15) is 31.4 Å². The SMILES string of the molecule is COc1ccc(C(C)N)c(OCCCC(F)(F)F)c1. The first-order valence-electron chi connectivity index (χ1n) is 5.96. The Bertz CT molecular complexity index is 405. The van der Waals surface area contributed by atoms with Gasteiger partial charge in [-0.1, -0.05) is 6.07 Å². The fourth-order valence-electron chi connectivity index (χ4n) is 1.60. The van der Waals surface area contributed by atoms with E-state index < -0.39 is 12.6 Å². The number of rotatable bonds is 6. The Labute approximate surface area is 110 Å². The lowest BCUT2D eigenvalue weighted by atomic mass is 10.1. The summed E-state index contributed by atoms with van der Waals surface area (Å²) in [5.41, 5.74) is 6.52. The van der Waals surface area contributed by atoms with E-state index in [-0.39, 0.29) is 19.1 Å². The minimum absolute atomic E-state index is 0.00754. The second kappa shape index (κ2) is 6.65. The Morgan fingerprint density at radius 2 is 2.00 bits per heavy atom. The molecule has 19 heavy (non-hydrogen) atoms. The summed E-state index contributed by atoms with van der Waals surface area (Å²) in [6.45, 7) is 1.77. The molecule has 0 aromatic heterocycles. The molecule has 0 bridgehead atoms. The molecule has 0 spiro atoms. The minimum Gasteiger partial charge on any atom is -0.497 e. The first kappa shape index (κ1) is 15.6. The third kappa shape index (κ3) is 5.38. The number of ether oxygens (including phenoxy) is 2. The molecule has 6 heteroatoms. The zero-order chi connectivity index (χ0) is 14.5. The first-order chi connectivity index (χ1) is 8.83. The molecule has 0 aliphatic carbocycles. The van der Waals surface area contributed by atoms with Gasteiger partial charge < -0.3 is 15.2 Å². The van der Waals surface area contributed by atoms with Crippen molar-refractivity contribution < 1.29 is 22.6 Å². The van der Waals surface area contributed by atoms with Crippen molar-refractivity contribution >= 4 is 0 Å². The van der Waals surface area contributed by atoms with Crippen LogP contribution in [0.2, 0.25) is 0 Å². The molecule has 0 fully saturated rings. The van der Waals surface area contributed by atoms with Crippen LogP contribution in [-0.2, 0) is 0 Å². The van der Waals surface area contributed by atoms with Crippen molar-refractivity contribution in [3.05, 3.63) is 23.8 Å². The van der Waals surface area contributed by atoms with Crippen LogP contribution in [0, 0.1) is 0 Å². The van der Waals surface area contributed by atoms with Crippen LogP contribution in [0.25, 0.3) is 0 Å². The molecule has 3 nitrogen and oxygen atoms in total. The van der Waals surface area contributed by atoms with Crippen LogP contribution in [0.15, 0.2) is 18.2 Å². The molecule has 0 saturated heterocycles. The van der Waals surface area contributed by atoms with Gasteiger partial charge in [0.2, 0.25) is 0 Å². The maximum absolute atomic E-state index is 12.0. The summed E-state index contributed by atoms with van der Waals surface area (Å²) in [7, 11) is 1.51. The molecule has 0 saturated carbocycles. The normalized spacial score (nSPS) is 13.2. The molecular weight excluding hydrogens is 259 g/mol. The van der Waals surface area contributed by atoms with Crippen molar-refractivity contribution in [3.8, 4) is 11.5 Å². The van der Waals surface area contributed by atoms with E-state index in [0.29, 0.717) is 11.5 Å². The average Bonchev–Trinajstić information content (AvgIpc) is 2.33. The summed E-state index contributed by atoms with van der Waals surface area (Å²) < 4.78 is 46.5. The Kier molecular flexibility index (Phi) is 5.47. The highest BCUT2D eigenvalue weighted by Crippen LogP contribution is 2.29. The third-order valence-corrected chi connectivity index (χ3v) is 2.57. The molecule has 1 atom stereocenters. The maximum atomic E-state index is 12.0. The smallest absolute Gasteiger partial charge is 0.389 e. The highest BCUT2D eigenvalue weighted by Gasteiger charge is 2.26. The molecule has 1 aromatic rings. The largest absolute Gasteiger partial charge is 0.497 e. The minimum atomic E-state index is -4.15. The highest BCUT2D eigenvalue weighted by molar-refractivity contribution is 5.42. The number of hydrogen-bond acceptors (Lipinski definition) is 3. The van der Waals surface area contributed by atoms with Crippen LogP contribution in [0.3, 0.4) is 0 Å². The summed E-state index contributed by atoms with van der Waals surface area (Å²) in [6.07, 6.45) is -5.09. The van der Waals surface area contributed by atoms with Gasteiger partial charge in [0.1, 0.15) is 11.5 Å². The van der Waals surface area contributed by atoms with E-state index in [1.165, 1.54) is 7.11 Å². The second-order valence-electron chi connectivity index (χ2n) is 4.26. The van der Waals surface area contributed by atoms with Crippen molar-refractivity contribution in [1.82, 2.24) is 0 Å². The van der Waals surface area contributed by atoms with Gasteiger partial charge in [-0.3, -0.25) is 0 Å².